The molecule has 4 aromatic carbocycles. The van der Waals surface area contributed by atoms with Gasteiger partial charge in [-0.3, -0.25) is 39.1 Å². The van der Waals surface area contributed by atoms with Crippen molar-refractivity contribution in [2.75, 3.05) is 77.6 Å². The Labute approximate surface area is 508 Å². The van der Waals surface area contributed by atoms with Crippen molar-refractivity contribution in [1.82, 2.24) is 59.5 Å². The van der Waals surface area contributed by atoms with Crippen molar-refractivity contribution in [3.63, 3.8) is 0 Å². The number of fused-ring (bicyclic) bond motifs is 4. The fourth-order valence-corrected chi connectivity index (χ4v) is 13.1. The third-order valence-electron chi connectivity index (χ3n) is 17.6. The number of aromatic nitrogens is 8. The number of anilines is 4. The molecule has 8 aromatic rings. The first-order valence-electron chi connectivity index (χ1n) is 30.7. The molecule has 0 radical (unpaired) electrons. The molecule has 12 rings (SSSR count). The number of hydrogen-bond acceptors (Lipinski definition) is 16. The number of nitrogens with zero attached hydrogens (tertiary/aromatic N) is 8. The van der Waals surface area contributed by atoms with Crippen LogP contribution in [-0.2, 0) is 0 Å². The summed E-state index contributed by atoms with van der Waals surface area (Å²) in [6.45, 7) is 0. The molecule has 88 heavy (non-hydrogen) atoms. The summed E-state index contributed by atoms with van der Waals surface area (Å²) in [5.41, 5.74) is 0.0590. The summed E-state index contributed by atoms with van der Waals surface area (Å²) in [5, 5.41) is 14.3. The van der Waals surface area contributed by atoms with Crippen molar-refractivity contribution >= 4 is 67.4 Å². The topological polar surface area (TPSA) is 244 Å². The standard InChI is InChI=1S/4C16H21FN4O/c1-21(2)13-9-4-3-8-12(13)18-16-19-14-10(15(22)20-16)6-5-7-11(14)17;1-21(2)13-9-4-3-7-11(13)18-16-19-12-8-5-6-10(17)14(12)15(22)20-16;1-21(2)14-6-4-3-5-13(14)19-16-18-12-8-7-10(17)9-11(12)15(22)20-16;1-21(2)14-6-4-3-5-12(14)18-16-19-13-9-10(17)7-8-11(13)15(22)20-16/h5-7,12-13H,3-4,8-9H2,1-2H3,(H2,18,19,20,22);5-6,8,11,13H,3-4,7,9H2,1-2H3,(H2,18,19,20,22);7-9,13-14H,3-6H2,1-2H3,(H2,18,19,20,22);7-9,12,14H,3-6H2,1-2H3,(H2,18,19,20,22)/t12-,13-;11-,13-;13-,14-;12-,14-/m1111/s1. The maximum absolute atomic E-state index is 13.9. The van der Waals surface area contributed by atoms with Gasteiger partial charge in [0.2, 0.25) is 23.8 Å². The number of nitrogens with one attached hydrogen (secondary N) is 8. The number of H-pyrrole nitrogens is 4. The first-order chi connectivity index (χ1) is 42.2. The van der Waals surface area contributed by atoms with Crippen LogP contribution in [0.1, 0.15) is 103 Å². The Morgan fingerprint density at radius 2 is 0.750 bits per heavy atom. The van der Waals surface area contributed by atoms with E-state index in [-0.39, 0.29) is 68.3 Å². The first kappa shape index (κ1) is 64.7. The third-order valence-corrected chi connectivity index (χ3v) is 17.6. The maximum Gasteiger partial charge on any atom is 0.263 e. The summed E-state index contributed by atoms with van der Waals surface area (Å²) in [6, 6.07) is 19.6. The molecule has 4 aliphatic rings. The number of rotatable bonds is 12. The van der Waals surface area contributed by atoms with Crippen LogP contribution >= 0.6 is 0 Å². The van der Waals surface area contributed by atoms with Crippen molar-refractivity contribution in [1.29, 1.82) is 0 Å². The fourth-order valence-electron chi connectivity index (χ4n) is 13.1. The molecule has 472 valence electrons. The largest absolute Gasteiger partial charge is 0.351 e. The highest BCUT2D eigenvalue weighted by molar-refractivity contribution is 5.81. The second-order valence-corrected chi connectivity index (χ2v) is 24.5. The van der Waals surface area contributed by atoms with Gasteiger partial charge in [0, 0.05) is 54.4 Å². The van der Waals surface area contributed by atoms with Crippen LogP contribution in [-0.4, -0.2) is 164 Å². The number of benzene rings is 4. The van der Waals surface area contributed by atoms with E-state index in [1.54, 1.807) is 18.2 Å². The quantitative estimate of drug-likeness (QED) is 0.0531. The number of likely N-dealkylation sites (N-methyl/N-ethyl adjacent to an activating group) is 4. The Balaban J connectivity index is 0.000000140. The highest BCUT2D eigenvalue weighted by Crippen LogP contribution is 2.29. The van der Waals surface area contributed by atoms with Crippen molar-refractivity contribution in [2.24, 2.45) is 0 Å². The minimum atomic E-state index is -0.540. The smallest absolute Gasteiger partial charge is 0.263 e. The first-order valence-corrected chi connectivity index (χ1v) is 30.7. The lowest BCUT2D eigenvalue weighted by molar-refractivity contribution is 0.211. The number of aromatic amines is 4. The average Bonchev–Trinajstić information content (AvgIpc) is 1.69. The number of para-hydroxylation sites is 1. The Bertz CT molecular complexity index is 3860. The van der Waals surface area contributed by atoms with Crippen LogP contribution in [0.2, 0.25) is 0 Å². The van der Waals surface area contributed by atoms with Crippen LogP contribution < -0.4 is 43.5 Å². The zero-order valence-electron chi connectivity index (χ0n) is 51.6. The highest BCUT2D eigenvalue weighted by Gasteiger charge is 2.31. The minimum Gasteiger partial charge on any atom is -0.351 e. The minimum absolute atomic E-state index is 0.0147. The van der Waals surface area contributed by atoms with E-state index in [0.29, 0.717) is 69.9 Å². The maximum atomic E-state index is 13.9. The van der Waals surface area contributed by atoms with E-state index >= 15 is 0 Å². The SMILES string of the molecule is CN(C)[C@@H]1CCCC[C@H]1Nc1nc2c(F)cccc2c(=O)[nH]1.CN(C)[C@@H]1CCCC[C@H]1Nc1nc2cc(F)ccc2c(=O)[nH]1.CN(C)[C@@H]1CCCC[C@H]1Nc1nc2ccc(F)cc2c(=O)[nH]1.CN(C)[C@@H]1CCCC[C@H]1Nc1nc2cccc(F)c2c(=O)[nH]1. The van der Waals surface area contributed by atoms with Crippen LogP contribution in [0, 0.1) is 23.3 Å². The molecule has 24 heteroatoms. The Hall–Kier alpha value is -7.80. The van der Waals surface area contributed by atoms with E-state index in [2.05, 4.69) is 137 Å². The normalized spacial score (nSPS) is 22.2. The Morgan fingerprint density at radius 3 is 1.24 bits per heavy atom. The van der Waals surface area contributed by atoms with Gasteiger partial charge in [0.15, 0.2) is 0 Å². The predicted molar refractivity (Wildman–Crippen MR) is 343 cm³/mol. The van der Waals surface area contributed by atoms with Crippen molar-refractivity contribution < 1.29 is 17.6 Å². The van der Waals surface area contributed by atoms with E-state index < -0.39 is 23.0 Å². The number of hydrogen-bond donors (Lipinski definition) is 8. The number of halogens is 4. The van der Waals surface area contributed by atoms with E-state index in [0.717, 1.165) is 70.6 Å². The predicted octanol–water partition coefficient (Wildman–Crippen LogP) is 9.39. The third kappa shape index (κ3) is 16.1. The molecule has 4 aliphatic carbocycles. The molecule has 4 aromatic heterocycles. The molecule has 20 nitrogen and oxygen atoms in total. The van der Waals surface area contributed by atoms with Gasteiger partial charge in [0.25, 0.3) is 22.2 Å². The van der Waals surface area contributed by atoms with Gasteiger partial charge in [0.1, 0.15) is 34.2 Å². The van der Waals surface area contributed by atoms with Crippen LogP contribution in [0.3, 0.4) is 0 Å². The molecule has 4 saturated carbocycles. The van der Waals surface area contributed by atoms with Gasteiger partial charge in [-0.15, -0.1) is 0 Å². The lowest BCUT2D eigenvalue weighted by atomic mass is 9.89. The summed E-state index contributed by atoms with van der Waals surface area (Å²) in [5.74, 6) is -0.185. The Kier molecular flexibility index (Phi) is 21.7. The molecule has 4 fully saturated rings. The summed E-state index contributed by atoms with van der Waals surface area (Å²) < 4.78 is 54.2. The van der Waals surface area contributed by atoms with E-state index in [1.165, 1.54) is 86.7 Å². The average molecular weight is 1220 g/mol. The zero-order chi connectivity index (χ0) is 62.8. The highest BCUT2D eigenvalue weighted by atomic mass is 19.1. The molecule has 0 amide bonds. The van der Waals surface area contributed by atoms with Gasteiger partial charge in [-0.1, -0.05) is 63.5 Å². The van der Waals surface area contributed by atoms with Crippen molar-refractivity contribution in [2.45, 2.75) is 151 Å². The molecule has 0 unspecified atom stereocenters. The molecule has 0 bridgehead atoms. The summed E-state index contributed by atoms with van der Waals surface area (Å²) >= 11 is 0. The molecule has 8 atom stereocenters. The second kappa shape index (κ2) is 29.5. The zero-order valence-corrected chi connectivity index (χ0v) is 51.6. The lowest BCUT2D eigenvalue weighted by Crippen LogP contribution is -2.45. The second-order valence-electron chi connectivity index (χ2n) is 24.5. The van der Waals surface area contributed by atoms with Crippen LogP contribution in [0.25, 0.3) is 43.6 Å². The van der Waals surface area contributed by atoms with Crippen molar-refractivity contribution in [3.05, 3.63) is 137 Å². The van der Waals surface area contributed by atoms with Crippen LogP contribution in [0.15, 0.2) is 92.0 Å². The van der Waals surface area contributed by atoms with E-state index in [9.17, 15) is 36.7 Å². The van der Waals surface area contributed by atoms with Gasteiger partial charge in [-0.05, 0) is 162 Å². The monoisotopic (exact) mass is 1220 g/mol. The molecule has 0 aliphatic heterocycles. The van der Waals surface area contributed by atoms with Gasteiger partial charge in [-0.25, -0.2) is 37.5 Å². The molecule has 0 saturated heterocycles. The van der Waals surface area contributed by atoms with E-state index in [1.807, 2.05) is 0 Å². The van der Waals surface area contributed by atoms with Gasteiger partial charge < -0.3 is 40.9 Å². The van der Waals surface area contributed by atoms with E-state index in [4.69, 9.17) is 0 Å². The van der Waals surface area contributed by atoms with Gasteiger partial charge >= 0.3 is 0 Å². The summed E-state index contributed by atoms with van der Waals surface area (Å²) in [6.07, 6.45) is 18.1. The molecule has 0 spiro atoms. The Morgan fingerprint density at radius 1 is 0.375 bits per heavy atom. The molecule has 4 heterocycles. The van der Waals surface area contributed by atoms with Crippen LogP contribution in [0.5, 0.6) is 0 Å². The molecular formula is C64H84F4N16O4. The molecular weight excluding hydrogens is 1130 g/mol. The van der Waals surface area contributed by atoms with Gasteiger partial charge in [0.05, 0.1) is 32.7 Å². The summed E-state index contributed by atoms with van der Waals surface area (Å²) in [4.78, 5) is 85.5. The van der Waals surface area contributed by atoms with Crippen LogP contribution in [0.4, 0.5) is 41.4 Å². The summed E-state index contributed by atoms with van der Waals surface area (Å²) in [7, 11) is 16.5. The lowest BCUT2D eigenvalue weighted by Gasteiger charge is -2.36. The van der Waals surface area contributed by atoms with Crippen molar-refractivity contribution in [3.8, 4) is 0 Å². The molecule has 8 N–H and O–H groups in total. The fraction of sp³-hybridized carbons (Fsp3) is 0.500. The van der Waals surface area contributed by atoms with Gasteiger partial charge in [-0.2, -0.15) is 0 Å².